The van der Waals surface area contributed by atoms with Gasteiger partial charge in [0.2, 0.25) is 0 Å². The maximum atomic E-state index is 11.3. The molecule has 1 aromatic heterocycles. The molecule has 1 unspecified atom stereocenters. The largest absolute Gasteiger partial charge is 0.481 e. The van der Waals surface area contributed by atoms with E-state index < -0.39 is 11.9 Å². The fourth-order valence-electron chi connectivity index (χ4n) is 2.69. The van der Waals surface area contributed by atoms with Crippen molar-refractivity contribution in [3.8, 4) is 10.6 Å². The zero-order valence-electron chi connectivity index (χ0n) is 11.8. The summed E-state index contributed by atoms with van der Waals surface area (Å²) < 4.78 is 5.10. The Hall–Kier alpha value is -1.72. The Kier molecular flexibility index (Phi) is 4.03. The first-order chi connectivity index (χ1) is 10.2. The number of hydrogen-bond acceptors (Lipinski definition) is 4. The molecule has 1 atom stereocenters. The van der Waals surface area contributed by atoms with Crippen LogP contribution in [-0.4, -0.2) is 23.2 Å². The number of nitrogens with zero attached hydrogens (tertiary/aromatic N) is 1. The summed E-state index contributed by atoms with van der Waals surface area (Å²) in [7, 11) is 1.68. The van der Waals surface area contributed by atoms with E-state index in [1.807, 2.05) is 24.3 Å². The molecule has 0 aliphatic heterocycles. The average molecular weight is 303 g/mol. The Balaban J connectivity index is 1.91. The molecule has 4 nitrogen and oxygen atoms in total. The van der Waals surface area contributed by atoms with Gasteiger partial charge in [-0.1, -0.05) is 24.3 Å². The molecule has 0 saturated carbocycles. The maximum absolute atomic E-state index is 11.3. The van der Waals surface area contributed by atoms with Gasteiger partial charge >= 0.3 is 5.97 Å². The van der Waals surface area contributed by atoms with Crippen molar-refractivity contribution in [1.29, 1.82) is 0 Å². The highest BCUT2D eigenvalue weighted by atomic mass is 32.1. The number of hydrogen-bond donors (Lipinski definition) is 1. The minimum atomic E-state index is -0.761. The first-order valence-corrected chi connectivity index (χ1v) is 7.81. The molecule has 5 heteroatoms. The SMILES string of the molecule is COCc1ccc(-c2nc3c(s2)CCCC3C(=O)O)cc1. The van der Waals surface area contributed by atoms with E-state index in [1.165, 1.54) is 0 Å². The average Bonchev–Trinajstić information content (AvgIpc) is 2.92. The molecular weight excluding hydrogens is 286 g/mol. The number of benzene rings is 1. The predicted molar refractivity (Wildman–Crippen MR) is 81.6 cm³/mol. The Labute approximate surface area is 127 Å². The lowest BCUT2D eigenvalue weighted by Gasteiger charge is -2.16. The summed E-state index contributed by atoms with van der Waals surface area (Å²) in [4.78, 5) is 17.1. The van der Waals surface area contributed by atoms with Gasteiger partial charge in [-0.2, -0.15) is 0 Å². The van der Waals surface area contributed by atoms with E-state index in [1.54, 1.807) is 18.4 Å². The zero-order chi connectivity index (χ0) is 14.8. The maximum Gasteiger partial charge on any atom is 0.312 e. The Morgan fingerprint density at radius 1 is 1.43 bits per heavy atom. The molecule has 0 fully saturated rings. The third-order valence-corrected chi connectivity index (χ3v) is 4.94. The number of methoxy groups -OCH3 is 1. The highest BCUT2D eigenvalue weighted by Gasteiger charge is 2.30. The molecule has 0 saturated heterocycles. The number of aromatic nitrogens is 1. The normalized spacial score (nSPS) is 17.5. The topological polar surface area (TPSA) is 59.4 Å². The molecule has 1 aliphatic carbocycles. The van der Waals surface area contributed by atoms with Gasteiger partial charge in [-0.15, -0.1) is 11.3 Å². The summed E-state index contributed by atoms with van der Waals surface area (Å²) in [5.74, 6) is -1.20. The highest BCUT2D eigenvalue weighted by Crippen LogP contribution is 2.38. The van der Waals surface area contributed by atoms with E-state index in [2.05, 4.69) is 4.98 Å². The van der Waals surface area contributed by atoms with Gasteiger partial charge in [-0.3, -0.25) is 4.79 Å². The summed E-state index contributed by atoms with van der Waals surface area (Å²) in [6, 6.07) is 8.09. The number of ether oxygens (including phenoxy) is 1. The van der Waals surface area contributed by atoms with Crippen LogP contribution in [0.3, 0.4) is 0 Å². The Bertz CT molecular complexity index is 648. The van der Waals surface area contributed by atoms with Gasteiger partial charge in [0.15, 0.2) is 0 Å². The Morgan fingerprint density at radius 2 is 2.19 bits per heavy atom. The van der Waals surface area contributed by atoms with Crippen molar-refractivity contribution in [3.05, 3.63) is 40.4 Å². The van der Waals surface area contributed by atoms with Crippen molar-refractivity contribution >= 4 is 17.3 Å². The molecule has 1 aromatic carbocycles. The van der Waals surface area contributed by atoms with Gasteiger partial charge in [0.25, 0.3) is 0 Å². The van der Waals surface area contributed by atoms with Gasteiger partial charge in [0, 0.05) is 17.6 Å². The van der Waals surface area contributed by atoms with E-state index in [0.29, 0.717) is 13.0 Å². The number of aryl methyl sites for hydroxylation is 1. The monoisotopic (exact) mass is 303 g/mol. The van der Waals surface area contributed by atoms with Crippen molar-refractivity contribution in [2.24, 2.45) is 0 Å². The van der Waals surface area contributed by atoms with Crippen molar-refractivity contribution in [2.45, 2.75) is 31.8 Å². The lowest BCUT2D eigenvalue weighted by molar-refractivity contribution is -0.139. The molecule has 1 N–H and O–H groups in total. The quantitative estimate of drug-likeness (QED) is 0.939. The predicted octanol–water partition coefficient (Wildman–Crippen LogP) is 3.46. The number of thiazole rings is 1. The van der Waals surface area contributed by atoms with Gasteiger partial charge in [0.05, 0.1) is 18.2 Å². The molecule has 110 valence electrons. The van der Waals surface area contributed by atoms with Gasteiger partial charge in [-0.05, 0) is 24.8 Å². The number of carbonyl (C=O) groups is 1. The number of fused-ring (bicyclic) bond motifs is 1. The van der Waals surface area contributed by atoms with Crippen molar-refractivity contribution in [1.82, 2.24) is 4.98 Å². The Morgan fingerprint density at radius 3 is 2.86 bits per heavy atom. The van der Waals surface area contributed by atoms with E-state index in [-0.39, 0.29) is 0 Å². The van der Waals surface area contributed by atoms with Gasteiger partial charge < -0.3 is 9.84 Å². The third kappa shape index (κ3) is 2.84. The summed E-state index contributed by atoms with van der Waals surface area (Å²) in [6.45, 7) is 0.593. The van der Waals surface area contributed by atoms with Gasteiger partial charge in [0.1, 0.15) is 5.01 Å². The minimum absolute atomic E-state index is 0.438. The summed E-state index contributed by atoms with van der Waals surface area (Å²) in [5, 5.41) is 10.2. The molecular formula is C16H17NO3S. The van der Waals surface area contributed by atoms with Crippen LogP contribution in [0.25, 0.3) is 10.6 Å². The fourth-order valence-corrected chi connectivity index (χ4v) is 3.86. The van der Waals surface area contributed by atoms with E-state index in [4.69, 9.17) is 4.74 Å². The minimum Gasteiger partial charge on any atom is -0.481 e. The first kappa shape index (κ1) is 14.2. The summed E-state index contributed by atoms with van der Waals surface area (Å²) in [6.07, 6.45) is 2.56. The van der Waals surface area contributed by atoms with Crippen LogP contribution < -0.4 is 0 Å². The van der Waals surface area contributed by atoms with E-state index >= 15 is 0 Å². The smallest absolute Gasteiger partial charge is 0.312 e. The van der Waals surface area contributed by atoms with Crippen molar-refractivity contribution in [2.75, 3.05) is 7.11 Å². The lowest BCUT2D eigenvalue weighted by atomic mass is 9.91. The molecule has 0 bridgehead atoms. The fraction of sp³-hybridized carbons (Fsp3) is 0.375. The third-order valence-electron chi connectivity index (χ3n) is 3.76. The molecule has 21 heavy (non-hydrogen) atoms. The number of rotatable bonds is 4. The zero-order valence-corrected chi connectivity index (χ0v) is 12.7. The van der Waals surface area contributed by atoms with Crippen molar-refractivity contribution in [3.63, 3.8) is 0 Å². The van der Waals surface area contributed by atoms with Gasteiger partial charge in [-0.25, -0.2) is 4.98 Å². The van der Waals surface area contributed by atoms with E-state index in [0.717, 1.165) is 39.5 Å². The molecule has 1 aliphatic rings. The van der Waals surface area contributed by atoms with Crippen LogP contribution in [0, 0.1) is 0 Å². The van der Waals surface area contributed by atoms with E-state index in [9.17, 15) is 9.90 Å². The summed E-state index contributed by atoms with van der Waals surface area (Å²) >= 11 is 1.62. The van der Waals surface area contributed by atoms with Crippen molar-refractivity contribution < 1.29 is 14.6 Å². The van der Waals surface area contributed by atoms with Crippen LogP contribution >= 0.6 is 11.3 Å². The number of carboxylic acid groups (broad SMARTS) is 1. The molecule has 0 spiro atoms. The molecule has 0 radical (unpaired) electrons. The second kappa shape index (κ2) is 5.95. The highest BCUT2D eigenvalue weighted by molar-refractivity contribution is 7.15. The standard InChI is InChI=1S/C16H17NO3S/c1-20-9-10-5-7-11(8-6-10)15-17-14-12(16(18)19)3-2-4-13(14)21-15/h5-8,12H,2-4,9H2,1H3,(H,18,19). The van der Waals surface area contributed by atoms with Crippen LogP contribution in [0.15, 0.2) is 24.3 Å². The number of aliphatic carboxylic acids is 1. The molecule has 1 heterocycles. The van der Waals surface area contributed by atoms with Crippen LogP contribution in [-0.2, 0) is 22.6 Å². The molecule has 3 rings (SSSR count). The molecule has 0 amide bonds. The summed E-state index contributed by atoms with van der Waals surface area (Å²) in [5.41, 5.74) is 2.93. The molecule has 2 aromatic rings. The van der Waals surface area contributed by atoms with Crippen LogP contribution in [0.1, 0.15) is 34.9 Å². The number of carboxylic acids is 1. The van der Waals surface area contributed by atoms with Crippen LogP contribution in [0.2, 0.25) is 0 Å². The van der Waals surface area contributed by atoms with Crippen LogP contribution in [0.5, 0.6) is 0 Å². The van der Waals surface area contributed by atoms with Crippen LogP contribution in [0.4, 0.5) is 0 Å². The second-order valence-electron chi connectivity index (χ2n) is 5.24. The first-order valence-electron chi connectivity index (χ1n) is 6.99. The second-order valence-corrected chi connectivity index (χ2v) is 6.32. The lowest BCUT2D eigenvalue weighted by Crippen LogP contribution is -2.17.